The first-order chi connectivity index (χ1) is 9.72. The highest BCUT2D eigenvalue weighted by Crippen LogP contribution is 2.11. The Labute approximate surface area is 122 Å². The largest absolute Gasteiger partial charge is 0.508 e. The molecule has 0 spiro atoms. The smallest absolute Gasteiger partial charge is 0.115 e. The summed E-state index contributed by atoms with van der Waals surface area (Å²) in [6.45, 7) is 5.34. The van der Waals surface area contributed by atoms with Crippen LogP contribution in [-0.2, 0) is 15.9 Å². The Kier molecular flexibility index (Phi) is 9.04. The molecule has 1 aromatic carbocycles. The fourth-order valence-electron chi connectivity index (χ4n) is 1.98. The van der Waals surface area contributed by atoms with E-state index in [1.165, 1.54) is 5.56 Å². The maximum atomic E-state index is 9.23. The average molecular weight is 281 g/mol. The van der Waals surface area contributed by atoms with Crippen LogP contribution in [0.5, 0.6) is 5.75 Å². The molecule has 1 unspecified atom stereocenters. The van der Waals surface area contributed by atoms with Crippen molar-refractivity contribution in [3.8, 4) is 5.75 Å². The van der Waals surface area contributed by atoms with E-state index in [9.17, 15) is 5.11 Å². The molecule has 1 rings (SSSR count). The number of unbranched alkanes of at least 4 members (excludes halogenated alkanes) is 1. The van der Waals surface area contributed by atoms with Crippen molar-refractivity contribution in [2.24, 2.45) is 0 Å². The van der Waals surface area contributed by atoms with Gasteiger partial charge < -0.3 is 19.9 Å². The van der Waals surface area contributed by atoms with Gasteiger partial charge in [-0.15, -0.1) is 0 Å². The molecule has 0 aromatic heterocycles. The van der Waals surface area contributed by atoms with Crippen LogP contribution in [0.3, 0.4) is 0 Å². The molecule has 4 heteroatoms. The molecule has 0 amide bonds. The van der Waals surface area contributed by atoms with Crippen molar-refractivity contribution in [2.75, 3.05) is 33.5 Å². The molecule has 4 nitrogen and oxygen atoms in total. The van der Waals surface area contributed by atoms with Gasteiger partial charge in [0.15, 0.2) is 0 Å². The summed E-state index contributed by atoms with van der Waals surface area (Å²) in [4.78, 5) is 0. The van der Waals surface area contributed by atoms with Gasteiger partial charge in [-0.05, 0) is 50.4 Å². The number of rotatable bonds is 11. The molecule has 0 bridgehead atoms. The lowest BCUT2D eigenvalue weighted by atomic mass is 10.1. The predicted octanol–water partition coefficient (Wildman–Crippen LogP) is 2.36. The van der Waals surface area contributed by atoms with Gasteiger partial charge in [-0.2, -0.15) is 0 Å². The van der Waals surface area contributed by atoms with Crippen LogP contribution in [0.15, 0.2) is 24.3 Å². The highest BCUT2D eigenvalue weighted by molar-refractivity contribution is 5.26. The van der Waals surface area contributed by atoms with Crippen LogP contribution >= 0.6 is 0 Å². The molecule has 2 N–H and O–H groups in total. The van der Waals surface area contributed by atoms with Gasteiger partial charge in [-0.1, -0.05) is 12.1 Å². The van der Waals surface area contributed by atoms with Crippen molar-refractivity contribution < 1.29 is 14.6 Å². The molecule has 0 aliphatic heterocycles. The number of benzene rings is 1. The van der Waals surface area contributed by atoms with Crippen molar-refractivity contribution in [1.82, 2.24) is 5.32 Å². The minimum Gasteiger partial charge on any atom is -0.508 e. The number of methoxy groups -OCH3 is 1. The SMILES string of the molecule is COCCOCCCCNC(C)Cc1ccc(O)cc1. The second-order valence-electron chi connectivity index (χ2n) is 5.04. The summed E-state index contributed by atoms with van der Waals surface area (Å²) in [6, 6.07) is 7.85. The molecule has 0 saturated carbocycles. The van der Waals surface area contributed by atoms with Crippen LogP contribution in [0.2, 0.25) is 0 Å². The number of hydrogen-bond donors (Lipinski definition) is 2. The maximum absolute atomic E-state index is 9.23. The summed E-state index contributed by atoms with van der Waals surface area (Å²) in [5.41, 5.74) is 1.24. The van der Waals surface area contributed by atoms with E-state index in [0.717, 1.165) is 32.4 Å². The summed E-state index contributed by atoms with van der Waals surface area (Å²) in [6.07, 6.45) is 3.17. The van der Waals surface area contributed by atoms with Crippen molar-refractivity contribution in [3.63, 3.8) is 0 Å². The van der Waals surface area contributed by atoms with E-state index in [2.05, 4.69) is 12.2 Å². The van der Waals surface area contributed by atoms with E-state index in [-0.39, 0.29) is 0 Å². The van der Waals surface area contributed by atoms with Crippen LogP contribution < -0.4 is 5.32 Å². The Hall–Kier alpha value is -1.10. The third-order valence-electron chi connectivity index (χ3n) is 3.12. The van der Waals surface area contributed by atoms with Crippen molar-refractivity contribution in [1.29, 1.82) is 0 Å². The van der Waals surface area contributed by atoms with Gasteiger partial charge in [0.25, 0.3) is 0 Å². The number of phenolic OH excluding ortho intramolecular Hbond substituents is 1. The summed E-state index contributed by atoms with van der Waals surface area (Å²) in [5, 5.41) is 12.7. The first-order valence-electron chi connectivity index (χ1n) is 7.30. The van der Waals surface area contributed by atoms with E-state index < -0.39 is 0 Å². The van der Waals surface area contributed by atoms with E-state index in [0.29, 0.717) is 25.0 Å². The second-order valence-corrected chi connectivity index (χ2v) is 5.04. The predicted molar refractivity (Wildman–Crippen MR) is 81.2 cm³/mol. The van der Waals surface area contributed by atoms with Gasteiger partial charge in [-0.25, -0.2) is 0 Å². The molecule has 1 atom stereocenters. The molecule has 0 saturated heterocycles. The Balaban J connectivity index is 2.00. The number of aromatic hydroxyl groups is 1. The van der Waals surface area contributed by atoms with Gasteiger partial charge in [-0.3, -0.25) is 0 Å². The summed E-state index contributed by atoms with van der Waals surface area (Å²) in [5.74, 6) is 0.322. The normalized spacial score (nSPS) is 12.5. The molecular formula is C16H27NO3. The Bertz CT molecular complexity index is 340. The molecule has 0 fully saturated rings. The first kappa shape index (κ1) is 17.0. The van der Waals surface area contributed by atoms with Crippen LogP contribution in [-0.4, -0.2) is 44.6 Å². The lowest BCUT2D eigenvalue weighted by molar-refractivity contribution is 0.0687. The van der Waals surface area contributed by atoms with Crippen molar-refractivity contribution in [2.45, 2.75) is 32.2 Å². The third kappa shape index (κ3) is 8.15. The highest BCUT2D eigenvalue weighted by Gasteiger charge is 2.02. The Morgan fingerprint density at radius 2 is 1.85 bits per heavy atom. The molecule has 0 aliphatic carbocycles. The standard InChI is InChI=1S/C16H27NO3/c1-14(13-15-5-7-16(18)8-6-15)17-9-3-4-10-20-12-11-19-2/h5-8,14,17-18H,3-4,9-13H2,1-2H3. The van der Waals surface area contributed by atoms with Gasteiger partial charge in [0, 0.05) is 19.8 Å². The van der Waals surface area contributed by atoms with E-state index in [4.69, 9.17) is 9.47 Å². The van der Waals surface area contributed by atoms with Crippen molar-refractivity contribution >= 4 is 0 Å². The van der Waals surface area contributed by atoms with E-state index >= 15 is 0 Å². The van der Waals surface area contributed by atoms with E-state index in [1.807, 2.05) is 12.1 Å². The monoisotopic (exact) mass is 281 g/mol. The molecular weight excluding hydrogens is 254 g/mol. The molecule has 1 aromatic rings. The fourth-order valence-corrected chi connectivity index (χ4v) is 1.98. The second kappa shape index (κ2) is 10.7. The minimum atomic E-state index is 0.322. The highest BCUT2D eigenvalue weighted by atomic mass is 16.5. The van der Waals surface area contributed by atoms with Crippen LogP contribution in [0.25, 0.3) is 0 Å². The quantitative estimate of drug-likeness (QED) is 0.611. The molecule has 0 radical (unpaired) electrons. The van der Waals surface area contributed by atoms with Gasteiger partial charge in [0.2, 0.25) is 0 Å². The number of ether oxygens (including phenoxy) is 2. The van der Waals surface area contributed by atoms with Crippen LogP contribution in [0.1, 0.15) is 25.3 Å². The molecule has 20 heavy (non-hydrogen) atoms. The summed E-state index contributed by atoms with van der Waals surface area (Å²) >= 11 is 0. The summed E-state index contributed by atoms with van der Waals surface area (Å²) < 4.78 is 10.3. The topological polar surface area (TPSA) is 50.7 Å². The number of nitrogens with one attached hydrogen (secondary N) is 1. The Morgan fingerprint density at radius 1 is 1.10 bits per heavy atom. The minimum absolute atomic E-state index is 0.322. The fraction of sp³-hybridized carbons (Fsp3) is 0.625. The van der Waals surface area contributed by atoms with Crippen LogP contribution in [0, 0.1) is 0 Å². The van der Waals surface area contributed by atoms with Gasteiger partial charge >= 0.3 is 0 Å². The zero-order chi connectivity index (χ0) is 14.6. The molecule has 114 valence electrons. The third-order valence-corrected chi connectivity index (χ3v) is 3.12. The first-order valence-corrected chi connectivity index (χ1v) is 7.30. The number of phenols is 1. The Morgan fingerprint density at radius 3 is 2.55 bits per heavy atom. The average Bonchev–Trinajstić information content (AvgIpc) is 2.44. The number of hydrogen-bond acceptors (Lipinski definition) is 4. The van der Waals surface area contributed by atoms with E-state index in [1.54, 1.807) is 19.2 Å². The zero-order valence-electron chi connectivity index (χ0n) is 12.6. The lowest BCUT2D eigenvalue weighted by Crippen LogP contribution is -2.29. The van der Waals surface area contributed by atoms with Gasteiger partial charge in [0.05, 0.1) is 13.2 Å². The lowest BCUT2D eigenvalue weighted by Gasteiger charge is -2.14. The van der Waals surface area contributed by atoms with Gasteiger partial charge in [0.1, 0.15) is 5.75 Å². The zero-order valence-corrected chi connectivity index (χ0v) is 12.6. The molecule has 0 aliphatic rings. The summed E-state index contributed by atoms with van der Waals surface area (Å²) in [7, 11) is 1.68. The van der Waals surface area contributed by atoms with Crippen molar-refractivity contribution in [3.05, 3.63) is 29.8 Å². The van der Waals surface area contributed by atoms with Crippen LogP contribution in [0.4, 0.5) is 0 Å². The molecule has 0 heterocycles. The maximum Gasteiger partial charge on any atom is 0.115 e.